The van der Waals surface area contributed by atoms with E-state index >= 15 is 0 Å². The Balaban J connectivity index is 2.93. The smallest absolute Gasteiger partial charge is 0.339 e. The van der Waals surface area contributed by atoms with E-state index in [9.17, 15) is 13.2 Å². The molecule has 1 heterocycles. The van der Waals surface area contributed by atoms with Crippen molar-refractivity contribution in [3.63, 3.8) is 0 Å². The Hall–Kier alpha value is -0.580. The Kier molecular flexibility index (Phi) is 1.76. The molecule has 12 heavy (non-hydrogen) atoms. The second-order valence-electron chi connectivity index (χ2n) is 2.00. The van der Waals surface area contributed by atoms with Crippen LogP contribution in [0, 0.1) is 0 Å². The first-order valence-electron chi connectivity index (χ1n) is 2.52. The van der Waals surface area contributed by atoms with Gasteiger partial charge in [0.05, 0.1) is 0 Å². The van der Waals surface area contributed by atoms with E-state index in [1.165, 1.54) is 0 Å². The van der Waals surface area contributed by atoms with Gasteiger partial charge in [-0.05, 0) is 0 Å². The zero-order valence-electron chi connectivity index (χ0n) is 5.37. The highest BCUT2D eigenvalue weighted by molar-refractivity contribution is 7.83. The van der Waals surface area contributed by atoms with Crippen molar-refractivity contribution < 1.29 is 36.9 Å². The highest BCUT2D eigenvalue weighted by Gasteiger charge is 2.66. The Bertz CT molecular complexity index is 283. The maximum Gasteiger partial charge on any atom is 0.406 e. The second kappa shape index (κ2) is 2.22. The highest BCUT2D eigenvalue weighted by Crippen LogP contribution is 2.35. The number of aldehydes is 1. The molecule has 1 fully saturated rings. The first-order valence-corrected chi connectivity index (χ1v) is 3.85. The van der Waals surface area contributed by atoms with Crippen LogP contribution in [0.1, 0.15) is 0 Å². The molecule has 9 heteroatoms. The van der Waals surface area contributed by atoms with Gasteiger partial charge in [0.25, 0.3) is 0 Å². The van der Waals surface area contributed by atoms with E-state index in [1.54, 1.807) is 0 Å². The van der Waals surface area contributed by atoms with Gasteiger partial charge in [0.15, 0.2) is 6.29 Å². The fourth-order valence-corrected chi connectivity index (χ4v) is 1.46. The van der Waals surface area contributed by atoms with Crippen molar-refractivity contribution in [3.8, 4) is 0 Å². The summed E-state index contributed by atoms with van der Waals surface area (Å²) in [6, 6.07) is 0. The van der Waals surface area contributed by atoms with Crippen LogP contribution < -0.4 is 0 Å². The predicted molar refractivity (Wildman–Crippen MR) is 29.3 cm³/mol. The topological polar surface area (TPSA) is 130 Å². The third-order valence-electron chi connectivity index (χ3n) is 1.07. The van der Waals surface area contributed by atoms with Crippen LogP contribution in [0.15, 0.2) is 0 Å². The zero-order chi connectivity index (χ0) is 9.62. The van der Waals surface area contributed by atoms with Crippen molar-refractivity contribution in [1.29, 1.82) is 0 Å². The van der Waals surface area contributed by atoms with Gasteiger partial charge in [0, 0.05) is 0 Å². The van der Waals surface area contributed by atoms with Gasteiger partial charge in [-0.2, -0.15) is 16.8 Å². The molecule has 0 spiro atoms. The predicted octanol–water partition coefficient (Wildman–Crippen LogP) is -3.20. The number of hydrogen-bond acceptors (Lipinski definition) is 8. The fourth-order valence-electron chi connectivity index (χ4n) is 0.540. The van der Waals surface area contributed by atoms with Gasteiger partial charge in [0.2, 0.25) is 0 Å². The zero-order valence-corrected chi connectivity index (χ0v) is 6.18. The number of hydrogen-bond donors (Lipinski definition) is 3. The molecular formula is C3H4O8S. The standard InChI is InChI=1S/C3H4O8S/c4-1-2(3(5,6)7)10-12(8,9)11-2/h1,5-7H. The largest absolute Gasteiger partial charge is 0.406 e. The van der Waals surface area contributed by atoms with Crippen LogP contribution in [0.3, 0.4) is 0 Å². The monoisotopic (exact) mass is 200 g/mol. The molecule has 1 aliphatic heterocycles. The molecule has 0 atom stereocenters. The van der Waals surface area contributed by atoms with Gasteiger partial charge >= 0.3 is 22.2 Å². The minimum Gasteiger partial charge on any atom is -0.339 e. The van der Waals surface area contributed by atoms with E-state index in [0.717, 1.165) is 0 Å². The van der Waals surface area contributed by atoms with Gasteiger partial charge in [-0.1, -0.05) is 0 Å². The first kappa shape index (κ1) is 9.51. The minimum atomic E-state index is -4.40. The lowest BCUT2D eigenvalue weighted by atomic mass is 10.3. The molecule has 0 aliphatic carbocycles. The number of carbonyl (C=O) groups is 1. The van der Waals surface area contributed by atoms with Crippen molar-refractivity contribution in [3.05, 3.63) is 0 Å². The molecule has 3 N–H and O–H groups in total. The Morgan fingerprint density at radius 3 is 1.75 bits per heavy atom. The quantitative estimate of drug-likeness (QED) is 0.314. The Morgan fingerprint density at radius 1 is 1.25 bits per heavy atom. The lowest BCUT2D eigenvalue weighted by Crippen LogP contribution is -2.67. The van der Waals surface area contributed by atoms with Crippen molar-refractivity contribution in [2.24, 2.45) is 0 Å². The first-order chi connectivity index (χ1) is 5.22. The molecule has 0 aromatic rings. The van der Waals surface area contributed by atoms with Crippen LogP contribution >= 0.6 is 0 Å². The van der Waals surface area contributed by atoms with Crippen molar-refractivity contribution in [1.82, 2.24) is 0 Å². The molecule has 70 valence electrons. The molecule has 0 aromatic carbocycles. The molecular weight excluding hydrogens is 196 g/mol. The van der Waals surface area contributed by atoms with E-state index in [-0.39, 0.29) is 0 Å². The van der Waals surface area contributed by atoms with Gasteiger partial charge in [-0.15, -0.1) is 0 Å². The summed E-state index contributed by atoms with van der Waals surface area (Å²) in [5.74, 6) is -6.66. The third kappa shape index (κ3) is 1.22. The SMILES string of the molecule is O=CC1(C(O)(O)O)OS(=O)(=O)O1. The Labute approximate surface area is 66.3 Å². The number of rotatable bonds is 2. The molecule has 1 saturated heterocycles. The van der Waals surface area contributed by atoms with Crippen LogP contribution in [-0.4, -0.2) is 41.8 Å². The molecule has 0 saturated carbocycles. The van der Waals surface area contributed by atoms with E-state index in [2.05, 4.69) is 8.37 Å². The van der Waals surface area contributed by atoms with Crippen LogP contribution in [0.2, 0.25) is 0 Å². The van der Waals surface area contributed by atoms with Crippen LogP contribution in [0.25, 0.3) is 0 Å². The van der Waals surface area contributed by atoms with Gasteiger partial charge in [0.1, 0.15) is 0 Å². The fraction of sp³-hybridized carbons (Fsp3) is 0.667. The normalized spacial score (nSPS) is 25.9. The molecule has 1 rings (SSSR count). The summed E-state index contributed by atoms with van der Waals surface area (Å²) < 4.78 is 27.7. The summed E-state index contributed by atoms with van der Waals surface area (Å²) >= 11 is 0. The van der Waals surface area contributed by atoms with Crippen molar-refractivity contribution >= 4 is 16.7 Å². The Morgan fingerprint density at radius 2 is 1.67 bits per heavy atom. The maximum atomic E-state index is 10.2. The molecule has 0 radical (unpaired) electrons. The van der Waals surface area contributed by atoms with Crippen LogP contribution in [0.4, 0.5) is 0 Å². The van der Waals surface area contributed by atoms with Gasteiger partial charge in [-0.3, -0.25) is 4.79 Å². The summed E-state index contributed by atoms with van der Waals surface area (Å²) in [4.78, 5) is 10.0. The molecule has 0 amide bonds. The van der Waals surface area contributed by atoms with Gasteiger partial charge in [-0.25, -0.2) is 0 Å². The summed E-state index contributed by atoms with van der Waals surface area (Å²) in [5, 5.41) is 25.2. The van der Waals surface area contributed by atoms with Crippen LogP contribution in [0.5, 0.6) is 0 Å². The number of carbonyl (C=O) groups excluding carboxylic acids is 1. The third-order valence-corrected chi connectivity index (χ3v) is 1.98. The molecule has 0 bridgehead atoms. The summed E-state index contributed by atoms with van der Waals surface area (Å²) in [5.41, 5.74) is 0. The van der Waals surface area contributed by atoms with Crippen molar-refractivity contribution in [2.45, 2.75) is 11.8 Å². The molecule has 0 aromatic heterocycles. The molecule has 0 unspecified atom stereocenters. The minimum absolute atomic E-state index is 0.395. The summed E-state index contributed by atoms with van der Waals surface area (Å²) in [7, 11) is -4.40. The molecule has 8 nitrogen and oxygen atoms in total. The highest BCUT2D eigenvalue weighted by atomic mass is 32.3. The van der Waals surface area contributed by atoms with E-state index in [0.29, 0.717) is 0 Å². The second-order valence-corrected chi connectivity index (χ2v) is 3.15. The maximum absolute atomic E-state index is 10.2. The number of aliphatic hydroxyl groups is 3. The average Bonchev–Trinajstić information content (AvgIpc) is 1.78. The van der Waals surface area contributed by atoms with E-state index in [4.69, 9.17) is 15.3 Å². The van der Waals surface area contributed by atoms with E-state index in [1.807, 2.05) is 0 Å². The summed E-state index contributed by atoms with van der Waals surface area (Å²) in [6.07, 6.45) is -0.395. The summed E-state index contributed by atoms with van der Waals surface area (Å²) in [6.45, 7) is 0. The average molecular weight is 200 g/mol. The van der Waals surface area contributed by atoms with Crippen LogP contribution in [-0.2, 0) is 23.6 Å². The van der Waals surface area contributed by atoms with Gasteiger partial charge < -0.3 is 15.3 Å². The lowest BCUT2D eigenvalue weighted by molar-refractivity contribution is -0.429. The molecule has 1 aliphatic rings. The lowest BCUT2D eigenvalue weighted by Gasteiger charge is -2.38. The van der Waals surface area contributed by atoms with E-state index < -0.39 is 28.4 Å². The van der Waals surface area contributed by atoms with Crippen molar-refractivity contribution in [2.75, 3.05) is 0 Å².